The standard InChI is InChI=1S/C20H27N3O3/c24-18(21-15-17-7-4-14-26-17)20(8-9-20)19(25)23-12-10-22(11-13-23)16-5-2-1-3-6-16/h1-3,5-6,17H,4,7-15H2,(H,21,24). The van der Waals surface area contributed by atoms with Crippen LogP contribution in [0.4, 0.5) is 5.69 Å². The first kappa shape index (κ1) is 17.3. The van der Waals surface area contributed by atoms with E-state index < -0.39 is 5.41 Å². The molecule has 1 unspecified atom stereocenters. The van der Waals surface area contributed by atoms with Crippen molar-refractivity contribution in [2.24, 2.45) is 5.41 Å². The molecule has 1 aliphatic carbocycles. The predicted octanol–water partition coefficient (Wildman–Crippen LogP) is 1.41. The van der Waals surface area contributed by atoms with Crippen molar-refractivity contribution in [1.82, 2.24) is 10.2 Å². The third kappa shape index (κ3) is 3.43. The predicted molar refractivity (Wildman–Crippen MR) is 98.9 cm³/mol. The SMILES string of the molecule is O=C(NCC1CCCO1)C1(C(=O)N2CCN(c3ccccc3)CC2)CC1. The number of carbonyl (C=O) groups excluding carboxylic acids is 2. The highest BCUT2D eigenvalue weighted by molar-refractivity contribution is 6.07. The number of nitrogens with zero attached hydrogens (tertiary/aromatic N) is 2. The van der Waals surface area contributed by atoms with Crippen LogP contribution in [0.25, 0.3) is 0 Å². The number of para-hydroxylation sites is 1. The van der Waals surface area contributed by atoms with E-state index >= 15 is 0 Å². The number of amides is 2. The molecule has 0 spiro atoms. The summed E-state index contributed by atoms with van der Waals surface area (Å²) in [5.74, 6) is -0.0986. The highest BCUT2D eigenvalue weighted by Gasteiger charge is 2.58. The van der Waals surface area contributed by atoms with Crippen molar-refractivity contribution < 1.29 is 14.3 Å². The van der Waals surface area contributed by atoms with Crippen LogP contribution in [-0.4, -0.2) is 62.1 Å². The second-order valence-electron chi connectivity index (χ2n) is 7.54. The van der Waals surface area contributed by atoms with Crippen molar-refractivity contribution in [2.75, 3.05) is 44.2 Å². The van der Waals surface area contributed by atoms with Crippen molar-refractivity contribution >= 4 is 17.5 Å². The number of ether oxygens (including phenoxy) is 1. The Morgan fingerprint density at radius 2 is 1.85 bits per heavy atom. The number of hydrogen-bond donors (Lipinski definition) is 1. The molecule has 1 aromatic rings. The van der Waals surface area contributed by atoms with Gasteiger partial charge in [-0.2, -0.15) is 0 Å². The number of benzene rings is 1. The molecule has 1 aromatic carbocycles. The molecule has 26 heavy (non-hydrogen) atoms. The van der Waals surface area contributed by atoms with Crippen LogP contribution in [-0.2, 0) is 14.3 Å². The Labute approximate surface area is 154 Å². The van der Waals surface area contributed by atoms with Crippen molar-refractivity contribution in [3.8, 4) is 0 Å². The van der Waals surface area contributed by atoms with Crippen LogP contribution in [0.15, 0.2) is 30.3 Å². The highest BCUT2D eigenvalue weighted by Crippen LogP contribution is 2.47. The highest BCUT2D eigenvalue weighted by atomic mass is 16.5. The summed E-state index contributed by atoms with van der Waals surface area (Å²) in [7, 11) is 0. The molecule has 4 rings (SSSR count). The first-order chi connectivity index (χ1) is 12.7. The fraction of sp³-hybridized carbons (Fsp3) is 0.600. The van der Waals surface area contributed by atoms with Crippen LogP contribution in [0, 0.1) is 5.41 Å². The van der Waals surface area contributed by atoms with E-state index in [9.17, 15) is 9.59 Å². The maximum Gasteiger partial charge on any atom is 0.238 e. The summed E-state index contributed by atoms with van der Waals surface area (Å²) in [6, 6.07) is 10.3. The number of nitrogens with one attached hydrogen (secondary N) is 1. The van der Waals surface area contributed by atoms with Gasteiger partial charge in [0, 0.05) is 45.0 Å². The van der Waals surface area contributed by atoms with Gasteiger partial charge in [0.05, 0.1) is 6.10 Å². The molecule has 6 heteroatoms. The molecule has 6 nitrogen and oxygen atoms in total. The average molecular weight is 357 g/mol. The van der Waals surface area contributed by atoms with E-state index in [2.05, 4.69) is 22.3 Å². The van der Waals surface area contributed by atoms with Crippen LogP contribution in [0.5, 0.6) is 0 Å². The minimum Gasteiger partial charge on any atom is -0.376 e. The summed E-state index contributed by atoms with van der Waals surface area (Å²) < 4.78 is 5.55. The van der Waals surface area contributed by atoms with Crippen LogP contribution in [0.2, 0.25) is 0 Å². The maximum absolute atomic E-state index is 13.0. The second kappa shape index (κ2) is 7.27. The molecule has 0 radical (unpaired) electrons. The van der Waals surface area contributed by atoms with Gasteiger partial charge in [-0.15, -0.1) is 0 Å². The van der Waals surface area contributed by atoms with Gasteiger partial charge in [0.15, 0.2) is 0 Å². The lowest BCUT2D eigenvalue weighted by molar-refractivity contribution is -0.144. The Hall–Kier alpha value is -2.08. The minimum absolute atomic E-state index is 0.00931. The second-order valence-corrected chi connectivity index (χ2v) is 7.54. The number of carbonyl (C=O) groups is 2. The maximum atomic E-state index is 13.0. The van der Waals surface area contributed by atoms with Crippen molar-refractivity contribution in [2.45, 2.75) is 31.8 Å². The number of piperazine rings is 1. The van der Waals surface area contributed by atoms with Crippen molar-refractivity contribution in [3.63, 3.8) is 0 Å². The molecule has 0 bridgehead atoms. The molecular formula is C20H27N3O3. The van der Waals surface area contributed by atoms with Crippen molar-refractivity contribution in [1.29, 1.82) is 0 Å². The van der Waals surface area contributed by atoms with Crippen LogP contribution in [0.1, 0.15) is 25.7 Å². The third-order valence-electron chi connectivity index (χ3n) is 5.80. The molecule has 2 aliphatic heterocycles. The average Bonchev–Trinajstić information content (AvgIpc) is 3.35. The minimum atomic E-state index is -0.812. The monoisotopic (exact) mass is 357 g/mol. The smallest absolute Gasteiger partial charge is 0.238 e. The van der Waals surface area contributed by atoms with Gasteiger partial charge in [-0.1, -0.05) is 18.2 Å². The summed E-state index contributed by atoms with van der Waals surface area (Å²) in [4.78, 5) is 29.8. The quantitative estimate of drug-likeness (QED) is 0.810. The summed E-state index contributed by atoms with van der Waals surface area (Å²) in [6.45, 7) is 4.27. The Kier molecular flexibility index (Phi) is 4.85. The van der Waals surface area contributed by atoms with Crippen LogP contribution >= 0.6 is 0 Å². The molecule has 3 aliphatic rings. The fourth-order valence-electron chi connectivity index (χ4n) is 3.95. The van der Waals surface area contributed by atoms with Gasteiger partial charge in [-0.05, 0) is 37.8 Å². The molecule has 2 saturated heterocycles. The topological polar surface area (TPSA) is 61.9 Å². The van der Waals surface area contributed by atoms with Gasteiger partial charge in [-0.3, -0.25) is 9.59 Å². The van der Waals surface area contributed by atoms with Crippen molar-refractivity contribution in [3.05, 3.63) is 30.3 Å². The molecule has 3 fully saturated rings. The zero-order valence-corrected chi connectivity index (χ0v) is 15.2. The summed E-state index contributed by atoms with van der Waals surface area (Å²) in [5, 5.41) is 2.96. The van der Waals surface area contributed by atoms with E-state index in [0.717, 1.165) is 32.5 Å². The molecule has 1 N–H and O–H groups in total. The molecular weight excluding hydrogens is 330 g/mol. The lowest BCUT2D eigenvalue weighted by atomic mass is 10.0. The normalized spacial score (nSPS) is 24.4. The van der Waals surface area contributed by atoms with Crippen LogP contribution in [0.3, 0.4) is 0 Å². The third-order valence-corrected chi connectivity index (χ3v) is 5.80. The summed E-state index contributed by atoms with van der Waals surface area (Å²) in [5.41, 5.74) is 0.378. The fourth-order valence-corrected chi connectivity index (χ4v) is 3.95. The molecule has 2 amide bonds. The zero-order chi connectivity index (χ0) is 18.0. The molecule has 2 heterocycles. The number of rotatable bonds is 5. The number of hydrogen-bond acceptors (Lipinski definition) is 4. The Morgan fingerprint density at radius 1 is 1.12 bits per heavy atom. The van der Waals surface area contributed by atoms with Gasteiger partial charge < -0.3 is 19.9 Å². The van der Waals surface area contributed by atoms with E-state index in [1.165, 1.54) is 5.69 Å². The van der Waals surface area contributed by atoms with E-state index in [4.69, 9.17) is 4.74 Å². The van der Waals surface area contributed by atoms with E-state index in [1.807, 2.05) is 23.1 Å². The summed E-state index contributed by atoms with van der Waals surface area (Å²) >= 11 is 0. The molecule has 1 saturated carbocycles. The summed E-state index contributed by atoms with van der Waals surface area (Å²) in [6.07, 6.45) is 3.49. The number of anilines is 1. The molecule has 140 valence electrons. The van der Waals surface area contributed by atoms with Gasteiger partial charge in [0.1, 0.15) is 5.41 Å². The lowest BCUT2D eigenvalue weighted by Gasteiger charge is -2.37. The first-order valence-electron chi connectivity index (χ1n) is 9.68. The van der Waals surface area contributed by atoms with Gasteiger partial charge in [0.2, 0.25) is 11.8 Å². The van der Waals surface area contributed by atoms with E-state index in [0.29, 0.717) is 32.5 Å². The van der Waals surface area contributed by atoms with E-state index in [-0.39, 0.29) is 17.9 Å². The largest absolute Gasteiger partial charge is 0.376 e. The van der Waals surface area contributed by atoms with E-state index in [1.54, 1.807) is 0 Å². The molecule has 1 atom stereocenters. The first-order valence-corrected chi connectivity index (χ1v) is 9.68. The Morgan fingerprint density at radius 3 is 2.46 bits per heavy atom. The van der Waals surface area contributed by atoms with Gasteiger partial charge in [0.25, 0.3) is 0 Å². The van der Waals surface area contributed by atoms with Gasteiger partial charge in [-0.25, -0.2) is 0 Å². The zero-order valence-electron chi connectivity index (χ0n) is 15.2. The lowest BCUT2D eigenvalue weighted by Crippen LogP contribution is -2.53. The molecule has 0 aromatic heterocycles. The Balaban J connectivity index is 1.30. The Bertz CT molecular complexity index is 646. The van der Waals surface area contributed by atoms with Gasteiger partial charge >= 0.3 is 0 Å². The van der Waals surface area contributed by atoms with Crippen LogP contribution < -0.4 is 10.2 Å².